The van der Waals surface area contributed by atoms with Crippen LogP contribution in [0.1, 0.15) is 33.5 Å². The molecular weight excluding hydrogens is 350 g/mol. The summed E-state index contributed by atoms with van der Waals surface area (Å²) in [4.78, 5) is 20.0. The third kappa shape index (κ3) is 3.64. The summed E-state index contributed by atoms with van der Waals surface area (Å²) in [5, 5.41) is 0. The maximum absolute atomic E-state index is 11.1. The van der Waals surface area contributed by atoms with Crippen molar-refractivity contribution in [2.45, 2.75) is 39.8 Å². The van der Waals surface area contributed by atoms with Crippen LogP contribution in [0, 0.1) is 0 Å². The molecule has 0 aliphatic rings. The van der Waals surface area contributed by atoms with Gasteiger partial charge in [-0.15, -0.1) is 0 Å². The Labute approximate surface area is 138 Å². The molecular formula is C15H20BrN3O3. The molecule has 0 fully saturated rings. The third-order valence-corrected chi connectivity index (χ3v) is 3.68. The third-order valence-electron chi connectivity index (χ3n) is 3.25. The lowest BCUT2D eigenvalue weighted by molar-refractivity contribution is -0.143. The minimum atomic E-state index is -0.451. The number of esters is 1. The molecule has 0 saturated heterocycles. The fourth-order valence-corrected chi connectivity index (χ4v) is 2.63. The highest BCUT2D eigenvalue weighted by Gasteiger charge is 2.27. The second kappa shape index (κ2) is 6.75. The summed E-state index contributed by atoms with van der Waals surface area (Å²) < 4.78 is 13.5. The Hall–Kier alpha value is -1.47. The zero-order valence-electron chi connectivity index (χ0n) is 13.2. The van der Waals surface area contributed by atoms with E-state index >= 15 is 0 Å². The monoisotopic (exact) mass is 369 g/mol. The fourth-order valence-electron chi connectivity index (χ4n) is 2.31. The van der Waals surface area contributed by atoms with Crippen molar-refractivity contribution in [3.05, 3.63) is 22.7 Å². The Kier molecular flexibility index (Phi) is 5.18. The molecule has 0 saturated carbocycles. The molecule has 6 nitrogen and oxygen atoms in total. The molecule has 2 rings (SSSR count). The molecule has 0 aliphatic carbocycles. The molecule has 0 aromatic carbocycles. The van der Waals surface area contributed by atoms with Crippen LogP contribution in [0.2, 0.25) is 0 Å². The van der Waals surface area contributed by atoms with E-state index in [4.69, 9.17) is 9.47 Å². The maximum atomic E-state index is 11.1. The van der Waals surface area contributed by atoms with Gasteiger partial charge in [0.1, 0.15) is 29.2 Å². The van der Waals surface area contributed by atoms with Gasteiger partial charge in [-0.05, 0) is 42.8 Å². The molecule has 0 unspecified atom stereocenters. The van der Waals surface area contributed by atoms with Gasteiger partial charge in [0.25, 0.3) is 0 Å². The van der Waals surface area contributed by atoms with E-state index in [-0.39, 0.29) is 12.6 Å². The van der Waals surface area contributed by atoms with E-state index in [0.29, 0.717) is 13.2 Å². The second-order valence-electron chi connectivity index (χ2n) is 5.59. The lowest BCUT2D eigenvalue weighted by atomic mass is 10.1. The summed E-state index contributed by atoms with van der Waals surface area (Å²) in [6.07, 6.45) is 1.72. The van der Waals surface area contributed by atoms with Crippen LogP contribution in [0.3, 0.4) is 0 Å². The molecule has 0 N–H and O–H groups in total. The highest BCUT2D eigenvalue weighted by Crippen LogP contribution is 2.27. The van der Waals surface area contributed by atoms with Gasteiger partial charge in [0.05, 0.1) is 17.3 Å². The topological polar surface area (TPSA) is 66.2 Å². The number of imidazole rings is 1. The van der Waals surface area contributed by atoms with Crippen LogP contribution in [-0.4, -0.2) is 33.7 Å². The zero-order chi connectivity index (χ0) is 16.3. The minimum Gasteiger partial charge on any atom is -0.463 e. The summed E-state index contributed by atoms with van der Waals surface area (Å²) in [6, 6.07) is 1.91. The summed E-state index contributed by atoms with van der Waals surface area (Å²) in [5.74, 6) is 0.487. The van der Waals surface area contributed by atoms with Gasteiger partial charge in [0, 0.05) is 13.5 Å². The molecule has 0 atom stereocenters. The Morgan fingerprint density at radius 2 is 2.18 bits per heavy atom. The van der Waals surface area contributed by atoms with Gasteiger partial charge in [-0.3, -0.25) is 4.79 Å². The van der Waals surface area contributed by atoms with E-state index in [1.54, 1.807) is 6.20 Å². The average Bonchev–Trinajstić information content (AvgIpc) is 2.81. The predicted octanol–water partition coefficient (Wildman–Crippen LogP) is 3.03. The quantitative estimate of drug-likeness (QED) is 0.578. The first-order valence-electron chi connectivity index (χ1n) is 7.09. The molecule has 2 heterocycles. The lowest BCUT2D eigenvalue weighted by Gasteiger charge is -2.28. The van der Waals surface area contributed by atoms with Gasteiger partial charge in [-0.25, -0.2) is 9.97 Å². The van der Waals surface area contributed by atoms with Crippen LogP contribution < -0.4 is 0 Å². The number of aromatic nitrogens is 3. The first-order valence-corrected chi connectivity index (χ1v) is 7.89. The van der Waals surface area contributed by atoms with Crippen LogP contribution in [0.15, 0.2) is 16.9 Å². The summed E-state index contributed by atoms with van der Waals surface area (Å²) in [5.41, 5.74) is 1.26. The molecule has 2 aromatic rings. The van der Waals surface area contributed by atoms with Crippen molar-refractivity contribution < 1.29 is 14.3 Å². The van der Waals surface area contributed by atoms with Crippen molar-refractivity contribution in [3.63, 3.8) is 0 Å². The maximum Gasteiger partial charge on any atom is 0.302 e. The van der Waals surface area contributed by atoms with E-state index < -0.39 is 5.54 Å². The van der Waals surface area contributed by atoms with E-state index in [1.807, 2.05) is 31.4 Å². The Bertz CT molecular complexity index is 682. The van der Waals surface area contributed by atoms with Gasteiger partial charge in [0.15, 0.2) is 0 Å². The molecule has 22 heavy (non-hydrogen) atoms. The van der Waals surface area contributed by atoms with Gasteiger partial charge in [-0.1, -0.05) is 0 Å². The van der Waals surface area contributed by atoms with Crippen LogP contribution in [0.25, 0.3) is 11.0 Å². The first kappa shape index (κ1) is 16.9. The van der Waals surface area contributed by atoms with E-state index in [2.05, 4.69) is 25.9 Å². The largest absolute Gasteiger partial charge is 0.463 e. The standard InChI is InChI=1S/C15H20BrN3O3/c1-5-21-8-14-18-11-7-17-13(16)6-12(11)19(14)15(3,4)9-22-10(2)20/h6-7H,5,8-9H2,1-4H3. The van der Waals surface area contributed by atoms with Crippen LogP contribution in [-0.2, 0) is 26.4 Å². The molecule has 7 heteroatoms. The molecule has 0 bridgehead atoms. The van der Waals surface area contributed by atoms with Crippen LogP contribution >= 0.6 is 15.9 Å². The van der Waals surface area contributed by atoms with Crippen LogP contribution in [0.4, 0.5) is 0 Å². The van der Waals surface area contributed by atoms with Crippen molar-refractivity contribution in [1.29, 1.82) is 0 Å². The number of carbonyl (C=O) groups excluding carboxylic acids is 1. The van der Waals surface area contributed by atoms with E-state index in [0.717, 1.165) is 21.5 Å². The first-order chi connectivity index (χ1) is 10.3. The second-order valence-corrected chi connectivity index (χ2v) is 6.40. The van der Waals surface area contributed by atoms with Crippen molar-refractivity contribution in [3.8, 4) is 0 Å². The number of carbonyl (C=O) groups is 1. The number of nitrogens with zero attached hydrogens (tertiary/aromatic N) is 3. The number of fused-ring (bicyclic) bond motifs is 1. The molecule has 0 spiro atoms. The Morgan fingerprint density at radius 3 is 2.82 bits per heavy atom. The fraction of sp³-hybridized carbons (Fsp3) is 0.533. The number of halogens is 1. The van der Waals surface area contributed by atoms with Gasteiger partial charge >= 0.3 is 5.97 Å². The molecule has 0 aliphatic heterocycles. The van der Waals surface area contributed by atoms with E-state index in [1.165, 1.54) is 6.92 Å². The van der Waals surface area contributed by atoms with Crippen molar-refractivity contribution in [2.24, 2.45) is 0 Å². The summed E-state index contributed by atoms with van der Waals surface area (Å²) in [7, 11) is 0. The van der Waals surface area contributed by atoms with Gasteiger partial charge < -0.3 is 14.0 Å². The SMILES string of the molecule is CCOCc1nc2cnc(Br)cc2n1C(C)(C)COC(C)=O. The molecule has 2 aromatic heterocycles. The number of hydrogen-bond donors (Lipinski definition) is 0. The van der Waals surface area contributed by atoms with Crippen LogP contribution in [0.5, 0.6) is 0 Å². The van der Waals surface area contributed by atoms with Crippen molar-refractivity contribution in [2.75, 3.05) is 13.2 Å². The highest BCUT2D eigenvalue weighted by molar-refractivity contribution is 9.10. The number of hydrogen-bond acceptors (Lipinski definition) is 5. The lowest BCUT2D eigenvalue weighted by Crippen LogP contribution is -2.34. The normalized spacial score (nSPS) is 11.9. The Morgan fingerprint density at radius 1 is 1.45 bits per heavy atom. The minimum absolute atomic E-state index is 0.257. The number of rotatable bonds is 6. The zero-order valence-corrected chi connectivity index (χ0v) is 14.8. The van der Waals surface area contributed by atoms with E-state index in [9.17, 15) is 4.79 Å². The van der Waals surface area contributed by atoms with Crippen molar-refractivity contribution in [1.82, 2.24) is 14.5 Å². The van der Waals surface area contributed by atoms with Crippen molar-refractivity contribution >= 4 is 32.9 Å². The number of pyridine rings is 1. The summed E-state index contributed by atoms with van der Waals surface area (Å²) >= 11 is 3.39. The predicted molar refractivity (Wildman–Crippen MR) is 86.5 cm³/mol. The smallest absolute Gasteiger partial charge is 0.302 e. The van der Waals surface area contributed by atoms with Gasteiger partial charge in [0.2, 0.25) is 0 Å². The summed E-state index contributed by atoms with van der Waals surface area (Å²) in [6.45, 7) is 8.61. The highest BCUT2D eigenvalue weighted by atomic mass is 79.9. The Balaban J connectivity index is 2.51. The molecule has 0 radical (unpaired) electrons. The molecule has 120 valence electrons. The number of ether oxygens (including phenoxy) is 2. The van der Waals surface area contributed by atoms with Gasteiger partial charge in [-0.2, -0.15) is 0 Å². The molecule has 0 amide bonds. The average molecular weight is 370 g/mol.